The maximum absolute atomic E-state index is 11.0. The summed E-state index contributed by atoms with van der Waals surface area (Å²) in [5, 5.41) is 28.5. The fourth-order valence-corrected chi connectivity index (χ4v) is 4.41. The van der Waals surface area contributed by atoms with Crippen molar-refractivity contribution in [2.24, 2.45) is 15.0 Å². The number of phenolic OH excluding ortho intramolecular Hbond substituents is 2. The minimum absolute atomic E-state index is 0.0757. The molecule has 2 aromatic rings. The van der Waals surface area contributed by atoms with Gasteiger partial charge >= 0.3 is 0 Å². The molecule has 4 bridgehead atoms. The highest BCUT2D eigenvalue weighted by Crippen LogP contribution is 2.32. The van der Waals surface area contributed by atoms with Crippen LogP contribution >= 0.6 is 0 Å². The number of nitrogens with zero attached hydrogens (tertiary/aromatic N) is 4. The summed E-state index contributed by atoms with van der Waals surface area (Å²) >= 11 is 0. The molecule has 8 heteroatoms. The van der Waals surface area contributed by atoms with Crippen LogP contribution in [0, 0.1) is 13.8 Å². The van der Waals surface area contributed by atoms with E-state index in [0.717, 1.165) is 55.0 Å². The number of hydrogen-bond donors (Lipinski definition) is 4. The zero-order valence-electron chi connectivity index (χ0n) is 20.0. The quantitative estimate of drug-likeness (QED) is 0.480. The van der Waals surface area contributed by atoms with Crippen LogP contribution in [-0.2, 0) is 0 Å². The van der Waals surface area contributed by atoms with Crippen LogP contribution in [0.1, 0.15) is 39.5 Å². The average Bonchev–Trinajstić information content (AvgIpc) is 3.27. The molecule has 8 nitrogen and oxygen atoms in total. The number of fused-ring (bicyclic) bond motifs is 6. The first-order chi connectivity index (χ1) is 16.5. The summed E-state index contributed by atoms with van der Waals surface area (Å²) in [5.74, 6) is 0.469. The molecule has 0 radical (unpaired) electrons. The van der Waals surface area contributed by atoms with E-state index in [9.17, 15) is 10.2 Å². The Hall–Kier alpha value is -3.07. The van der Waals surface area contributed by atoms with Crippen LogP contribution < -0.4 is 10.6 Å². The summed E-state index contributed by atoms with van der Waals surface area (Å²) in [4.78, 5) is 15.8. The molecule has 0 spiro atoms. The van der Waals surface area contributed by atoms with E-state index in [1.54, 1.807) is 18.6 Å². The maximum Gasteiger partial charge on any atom is 0.133 e. The van der Waals surface area contributed by atoms with E-state index < -0.39 is 0 Å². The Kier molecular flexibility index (Phi) is 8.05. The molecule has 0 aromatic heterocycles. The van der Waals surface area contributed by atoms with Gasteiger partial charge in [0.25, 0.3) is 0 Å². The maximum atomic E-state index is 11.0. The number of benzene rings is 2. The molecule has 2 aromatic carbocycles. The van der Waals surface area contributed by atoms with Crippen LogP contribution in [0.5, 0.6) is 11.5 Å². The molecule has 4 N–H and O–H groups in total. The molecule has 0 aliphatic carbocycles. The number of aliphatic imine (C=N–C) groups is 3. The van der Waals surface area contributed by atoms with Crippen molar-refractivity contribution < 1.29 is 10.2 Å². The van der Waals surface area contributed by atoms with Crippen LogP contribution in [-0.4, -0.2) is 86.1 Å². The Labute approximate surface area is 201 Å². The van der Waals surface area contributed by atoms with Gasteiger partial charge in [0.2, 0.25) is 0 Å². The van der Waals surface area contributed by atoms with E-state index in [2.05, 4.69) is 30.5 Å². The van der Waals surface area contributed by atoms with Crippen molar-refractivity contribution in [3.05, 3.63) is 57.6 Å². The predicted octanol–water partition coefficient (Wildman–Crippen LogP) is 2.18. The highest BCUT2D eigenvalue weighted by molar-refractivity contribution is 5.92. The topological polar surface area (TPSA) is 105 Å². The van der Waals surface area contributed by atoms with E-state index in [-0.39, 0.29) is 17.7 Å². The van der Waals surface area contributed by atoms with Crippen LogP contribution in [0.2, 0.25) is 0 Å². The average molecular weight is 463 g/mol. The van der Waals surface area contributed by atoms with Crippen molar-refractivity contribution >= 4 is 18.6 Å². The minimum Gasteiger partial charge on any atom is -0.507 e. The van der Waals surface area contributed by atoms with Gasteiger partial charge in [-0.3, -0.25) is 25.2 Å². The summed E-state index contributed by atoms with van der Waals surface area (Å²) in [5.41, 5.74) is 5.13. The van der Waals surface area contributed by atoms with Gasteiger partial charge < -0.3 is 15.5 Å². The fraction of sp³-hybridized carbons (Fsp3) is 0.423. The zero-order valence-corrected chi connectivity index (χ0v) is 20.0. The van der Waals surface area contributed by atoms with Crippen molar-refractivity contribution in [1.29, 1.82) is 0 Å². The lowest BCUT2D eigenvalue weighted by Crippen LogP contribution is -2.30. The lowest BCUT2D eigenvalue weighted by Gasteiger charge is -2.25. The summed E-state index contributed by atoms with van der Waals surface area (Å²) in [7, 11) is 0. The van der Waals surface area contributed by atoms with E-state index >= 15 is 0 Å². The Morgan fingerprint density at radius 2 is 1.29 bits per heavy atom. The number of rotatable bonds is 0. The molecule has 2 heterocycles. The fourth-order valence-electron chi connectivity index (χ4n) is 4.41. The van der Waals surface area contributed by atoms with E-state index in [0.29, 0.717) is 30.8 Å². The number of phenols is 2. The SMILES string of the molecule is Cc1cc2c(O)c(c1)C=NCCN1CCNC1c1cc(C)cc(c1O)C=NCCNCCN=C2. The number of hydrogen-bond acceptors (Lipinski definition) is 8. The van der Waals surface area contributed by atoms with Gasteiger partial charge in [0.05, 0.1) is 25.8 Å². The van der Waals surface area contributed by atoms with Crippen molar-refractivity contribution in [2.75, 3.05) is 52.4 Å². The lowest BCUT2D eigenvalue weighted by molar-refractivity contribution is 0.247. The molecule has 1 fully saturated rings. The monoisotopic (exact) mass is 462 g/mol. The van der Waals surface area contributed by atoms with Gasteiger partial charge in [-0.1, -0.05) is 0 Å². The summed E-state index contributed by atoms with van der Waals surface area (Å²) in [6.45, 7) is 9.73. The summed E-state index contributed by atoms with van der Waals surface area (Å²) in [6, 6.07) is 7.86. The molecule has 2 aliphatic heterocycles. The molecule has 1 saturated heterocycles. The molecule has 4 rings (SSSR count). The summed E-state index contributed by atoms with van der Waals surface area (Å²) in [6.07, 6.45) is 5.14. The molecule has 0 saturated carbocycles. The van der Waals surface area contributed by atoms with Crippen LogP contribution in [0.15, 0.2) is 39.2 Å². The molecule has 1 unspecified atom stereocenters. The molecule has 34 heavy (non-hydrogen) atoms. The highest BCUT2D eigenvalue weighted by Gasteiger charge is 2.28. The van der Waals surface area contributed by atoms with Gasteiger partial charge in [0, 0.05) is 73.6 Å². The van der Waals surface area contributed by atoms with E-state index in [1.165, 1.54) is 0 Å². The smallest absolute Gasteiger partial charge is 0.133 e. The second-order valence-corrected chi connectivity index (χ2v) is 8.83. The zero-order chi connectivity index (χ0) is 23.9. The first kappa shape index (κ1) is 24.1. The molecule has 0 amide bonds. The van der Waals surface area contributed by atoms with Crippen LogP contribution in [0.4, 0.5) is 0 Å². The standard InChI is InChI=1S/C26H34N6O2/c1-18-11-20-15-28-5-3-27-4-6-29-17-22-13-19(2)14-23(25(22)34)26-31-8-10-32(26)9-7-30-16-21(12-18)24(20)33/h11-17,26-27,31,33-34H,3-10H2,1-2H3. The van der Waals surface area contributed by atoms with Crippen LogP contribution in [0.25, 0.3) is 0 Å². The first-order valence-corrected chi connectivity index (χ1v) is 11.9. The van der Waals surface area contributed by atoms with Crippen molar-refractivity contribution in [3.63, 3.8) is 0 Å². The van der Waals surface area contributed by atoms with Crippen LogP contribution in [0.3, 0.4) is 0 Å². The Balaban J connectivity index is 1.60. The third-order valence-electron chi connectivity index (χ3n) is 6.07. The second kappa shape index (κ2) is 11.4. The number of nitrogens with one attached hydrogen (secondary N) is 2. The molecule has 180 valence electrons. The van der Waals surface area contributed by atoms with Gasteiger partial charge in [-0.25, -0.2) is 0 Å². The third-order valence-corrected chi connectivity index (χ3v) is 6.07. The lowest BCUT2D eigenvalue weighted by atomic mass is 10.0. The van der Waals surface area contributed by atoms with Gasteiger partial charge in [0.1, 0.15) is 11.5 Å². The molecular weight excluding hydrogens is 428 g/mol. The molecule has 1 atom stereocenters. The normalized spacial score (nSPS) is 20.1. The summed E-state index contributed by atoms with van der Waals surface area (Å²) < 4.78 is 0. The van der Waals surface area contributed by atoms with E-state index in [4.69, 9.17) is 0 Å². The van der Waals surface area contributed by atoms with Gasteiger partial charge in [-0.05, 0) is 49.2 Å². The highest BCUT2D eigenvalue weighted by atomic mass is 16.3. The largest absolute Gasteiger partial charge is 0.507 e. The van der Waals surface area contributed by atoms with Crippen molar-refractivity contribution in [3.8, 4) is 11.5 Å². The third kappa shape index (κ3) is 5.88. The Morgan fingerprint density at radius 1 is 0.735 bits per heavy atom. The second-order valence-electron chi connectivity index (χ2n) is 8.83. The van der Waals surface area contributed by atoms with Crippen molar-refractivity contribution in [1.82, 2.24) is 15.5 Å². The minimum atomic E-state index is -0.0757. The van der Waals surface area contributed by atoms with Crippen molar-refractivity contribution in [2.45, 2.75) is 20.0 Å². The molecular formula is C26H34N6O2. The first-order valence-electron chi connectivity index (χ1n) is 11.9. The Bertz CT molecular complexity index is 1100. The van der Waals surface area contributed by atoms with Gasteiger partial charge in [-0.2, -0.15) is 0 Å². The van der Waals surface area contributed by atoms with E-state index in [1.807, 2.05) is 38.1 Å². The number of aromatic hydroxyl groups is 2. The van der Waals surface area contributed by atoms with Gasteiger partial charge in [-0.15, -0.1) is 0 Å². The Morgan fingerprint density at radius 3 is 1.94 bits per heavy atom. The predicted molar refractivity (Wildman–Crippen MR) is 138 cm³/mol. The molecule has 2 aliphatic rings. The van der Waals surface area contributed by atoms with Gasteiger partial charge in [0.15, 0.2) is 0 Å². The number of aryl methyl sites for hydroxylation is 2.